The van der Waals surface area contributed by atoms with Crippen molar-refractivity contribution in [2.75, 3.05) is 5.75 Å². The first-order chi connectivity index (χ1) is 60.0. The SMILES string of the molecule is CC(C)C[C@H](NC(=O)CCCCC1CCSS1)C(=O)NC(C)(C)C(=O)N[C@@H](CC(C)C)C(=O)NC(C)(C)C(=O)N[C@@H](CC(C)C)C(=O)NC(C)(C)C(=O)N[C@@H](CC(C)C)C(=O)NC(C)(C)C(=O)N[C@@H](CC(C)C)C(=O)NC(C)(C)C(=O)N[C@@H](CC(C)C)C(=O)NC(C)(C)C(=O)N[C@@H](CC(C)C)C(=O)NC(C)(C)C(=O)N[C@@H](CC(C)C)C(=O)NC(C)(C)C(=O)OCc1ccccc1. The molecule has 34 nitrogen and oxygen atoms in total. The smallest absolute Gasteiger partial charge is 0.331 e. The van der Waals surface area contributed by atoms with E-state index in [0.29, 0.717) is 18.1 Å². The number of esters is 1. The van der Waals surface area contributed by atoms with Gasteiger partial charge in [-0.15, -0.1) is 0 Å². The van der Waals surface area contributed by atoms with Gasteiger partial charge in [-0.25, -0.2) is 4.79 Å². The molecule has 1 aromatic rings. The van der Waals surface area contributed by atoms with Gasteiger partial charge in [-0.1, -0.05) is 169 Å². The lowest BCUT2D eigenvalue weighted by molar-refractivity contribution is -0.154. The minimum Gasteiger partial charge on any atom is -0.459 e. The lowest BCUT2D eigenvalue weighted by Crippen LogP contribution is -2.66. The summed E-state index contributed by atoms with van der Waals surface area (Å²) in [5, 5.41) is 44.4. The molecule has 131 heavy (non-hydrogen) atoms. The van der Waals surface area contributed by atoms with E-state index < -0.39 is 187 Å². The molecule has 1 saturated heterocycles. The summed E-state index contributed by atoms with van der Waals surface area (Å²) in [6, 6.07) is -0.770. The van der Waals surface area contributed by atoms with Crippen LogP contribution >= 0.6 is 21.6 Å². The molecule has 16 amide bonds. The zero-order chi connectivity index (χ0) is 101. The van der Waals surface area contributed by atoms with Crippen molar-refractivity contribution in [3.05, 3.63) is 35.9 Å². The van der Waals surface area contributed by atoms with Gasteiger partial charge in [0.05, 0.1) is 0 Å². The highest BCUT2D eigenvalue weighted by Gasteiger charge is 2.46. The van der Waals surface area contributed by atoms with Gasteiger partial charge in [0.25, 0.3) is 0 Å². The van der Waals surface area contributed by atoms with Crippen molar-refractivity contribution in [3.63, 3.8) is 0 Å². The van der Waals surface area contributed by atoms with Gasteiger partial charge in [0, 0.05) is 17.4 Å². The molecule has 0 bridgehead atoms. The fourth-order valence-corrected chi connectivity index (χ4v) is 17.0. The molecule has 1 aromatic carbocycles. The summed E-state index contributed by atoms with van der Waals surface area (Å²) in [4.78, 5) is 241. The molecule has 36 heteroatoms. The number of hydrogen-bond acceptors (Lipinski definition) is 20. The van der Waals surface area contributed by atoms with Crippen LogP contribution in [0, 0.1) is 47.3 Å². The predicted octanol–water partition coefficient (Wildman–Crippen LogP) is 7.85. The molecule has 0 aliphatic carbocycles. The largest absolute Gasteiger partial charge is 0.459 e. The molecule has 0 spiro atoms. The summed E-state index contributed by atoms with van der Waals surface area (Å²) in [5.74, 6) is -12.6. The molecule has 1 aliphatic rings. The highest BCUT2D eigenvalue weighted by atomic mass is 33.1. The van der Waals surface area contributed by atoms with Crippen LogP contribution in [0.5, 0.6) is 0 Å². The summed E-state index contributed by atoms with van der Waals surface area (Å²) in [5.41, 5.74) is -12.8. The second-order valence-electron chi connectivity index (χ2n) is 42.9. The van der Waals surface area contributed by atoms with Crippen LogP contribution in [-0.2, 0) is 92.9 Å². The van der Waals surface area contributed by atoms with Gasteiger partial charge in [0.15, 0.2) is 0 Å². The summed E-state index contributed by atoms with van der Waals surface area (Å²) in [6.07, 6.45) is 4.84. The maximum Gasteiger partial charge on any atom is 0.331 e. The Hall–Kier alpha value is -9.09. The molecular formula is C95H164N16O18S2. The van der Waals surface area contributed by atoms with Gasteiger partial charge < -0.3 is 89.8 Å². The molecule has 9 atom stereocenters. The third-order valence-corrected chi connectivity index (χ3v) is 24.8. The minimum atomic E-state index is -1.79. The Balaban J connectivity index is 2.27. The standard InChI is InChI=1S/C95H164N16O18S2/c1-53(2)44-63(96-71(112)41-37-36-40-62-42-43-130-131-62)72(113)104-88(17,18)80(121)97-64(45-54(3)4)73(114)105-89(19,20)81(122)98-65(46-55(5)6)74(115)106-90(21,22)82(123)99-66(47-56(7)8)75(116)107-91(23,24)83(124)100-67(48-57(9)10)76(117)108-92(25,26)84(125)101-68(49-58(11)12)77(118)109-93(27,28)85(126)102-69(50-59(13)14)78(119)110-94(29,30)86(127)103-70(51-60(15)16)79(120)111-95(31,32)87(128)129-52-61-38-34-33-35-39-61/h33-35,38-39,53-60,62-70H,36-37,40-52H2,1-32H3,(H,96,112)(H,97,121)(H,98,122)(H,99,123)(H,100,124)(H,101,125)(H,102,126)(H,103,127)(H,104,113)(H,105,114)(H,106,115)(H,107,116)(H,108,117)(H,109,118)(H,110,119)(H,111,120)/t62?,63-,64-,65-,66-,67-,68-,69-,70-/m0/s1. The first-order valence-electron chi connectivity index (χ1n) is 46.5. The first-order valence-corrected chi connectivity index (χ1v) is 48.9. The van der Waals surface area contributed by atoms with E-state index in [-0.39, 0.29) is 111 Å². The van der Waals surface area contributed by atoms with Gasteiger partial charge in [0.1, 0.15) is 99.3 Å². The average molecular weight is 1880 g/mol. The van der Waals surface area contributed by atoms with Crippen LogP contribution in [0.15, 0.2) is 30.3 Å². The van der Waals surface area contributed by atoms with Gasteiger partial charge >= 0.3 is 5.97 Å². The Morgan fingerprint density at radius 2 is 0.504 bits per heavy atom. The van der Waals surface area contributed by atoms with E-state index >= 15 is 0 Å². The van der Waals surface area contributed by atoms with Crippen LogP contribution in [0.25, 0.3) is 0 Å². The second kappa shape index (κ2) is 52.0. The Morgan fingerprint density at radius 3 is 0.702 bits per heavy atom. The van der Waals surface area contributed by atoms with Crippen molar-refractivity contribution in [1.29, 1.82) is 0 Å². The molecular weight excluding hydrogens is 1720 g/mol. The lowest BCUT2D eigenvalue weighted by Gasteiger charge is -2.35. The van der Waals surface area contributed by atoms with Gasteiger partial charge in [-0.05, 0) is 234 Å². The number of carbonyl (C=O) groups is 17. The number of carbonyl (C=O) groups excluding carboxylic acids is 17. The highest BCUT2D eigenvalue weighted by Crippen LogP contribution is 2.40. The highest BCUT2D eigenvalue weighted by molar-refractivity contribution is 8.77. The minimum absolute atomic E-state index is 0.0142. The normalized spacial score (nSPS) is 15.4. The number of hydrogen-bond donors (Lipinski definition) is 16. The number of amides is 16. The molecule has 16 N–H and O–H groups in total. The van der Waals surface area contributed by atoms with Crippen LogP contribution in [0.4, 0.5) is 0 Å². The van der Waals surface area contributed by atoms with Crippen molar-refractivity contribution >= 4 is 122 Å². The van der Waals surface area contributed by atoms with Crippen LogP contribution in [0.1, 0.15) is 311 Å². The number of rotatable bonds is 55. The molecule has 744 valence electrons. The van der Waals surface area contributed by atoms with E-state index in [0.717, 1.165) is 30.6 Å². The molecule has 0 radical (unpaired) electrons. The van der Waals surface area contributed by atoms with Crippen LogP contribution in [0.2, 0.25) is 0 Å². The lowest BCUT2D eigenvalue weighted by atomic mass is 9.95. The predicted molar refractivity (Wildman–Crippen MR) is 512 cm³/mol. The van der Waals surface area contributed by atoms with E-state index in [1.54, 1.807) is 65.8 Å². The number of nitrogens with one attached hydrogen (secondary N) is 16. The van der Waals surface area contributed by atoms with Crippen molar-refractivity contribution in [2.24, 2.45) is 47.3 Å². The van der Waals surface area contributed by atoms with Gasteiger partial charge in [0.2, 0.25) is 94.5 Å². The Kier molecular flexibility index (Phi) is 46.8. The number of ether oxygens (including phenoxy) is 1. The fraction of sp³-hybridized carbons (Fsp3) is 0.758. The third-order valence-electron chi connectivity index (χ3n) is 21.8. The Bertz CT molecular complexity index is 4040. The summed E-state index contributed by atoms with van der Waals surface area (Å²) < 4.78 is 5.50. The van der Waals surface area contributed by atoms with E-state index in [1.165, 1.54) is 111 Å². The third kappa shape index (κ3) is 41.9. The van der Waals surface area contributed by atoms with E-state index in [2.05, 4.69) is 85.1 Å². The number of benzene rings is 1. The summed E-state index contributed by atoms with van der Waals surface area (Å²) in [7, 11) is 3.75. The molecule has 1 aliphatic heterocycles. The molecule has 1 fully saturated rings. The van der Waals surface area contributed by atoms with Crippen molar-refractivity contribution in [3.8, 4) is 0 Å². The summed E-state index contributed by atoms with van der Waals surface area (Å²) in [6.45, 7) is 52.0. The van der Waals surface area contributed by atoms with E-state index in [1.807, 2.05) is 96.9 Å². The van der Waals surface area contributed by atoms with Gasteiger partial charge in [-0.2, -0.15) is 0 Å². The van der Waals surface area contributed by atoms with Crippen LogP contribution < -0.4 is 85.1 Å². The fourth-order valence-electron chi connectivity index (χ4n) is 14.0. The molecule has 2 rings (SSSR count). The Morgan fingerprint density at radius 1 is 0.298 bits per heavy atom. The molecule has 1 unspecified atom stereocenters. The van der Waals surface area contributed by atoms with Crippen LogP contribution in [0.3, 0.4) is 0 Å². The number of unbranched alkanes of at least 4 members (excludes halogenated alkanes) is 1. The maximum atomic E-state index is 14.5. The zero-order valence-electron chi connectivity index (χ0n) is 84.5. The molecule has 0 saturated carbocycles. The first kappa shape index (κ1) is 118. The molecule has 1 heterocycles. The summed E-state index contributed by atoms with van der Waals surface area (Å²) >= 11 is 0. The van der Waals surface area contributed by atoms with E-state index in [4.69, 9.17) is 4.74 Å². The zero-order valence-corrected chi connectivity index (χ0v) is 86.1. The quantitative estimate of drug-likeness (QED) is 0.0168. The maximum absolute atomic E-state index is 14.5. The molecule has 0 aromatic heterocycles. The van der Waals surface area contributed by atoms with Gasteiger partial charge in [-0.3, -0.25) is 76.7 Å². The van der Waals surface area contributed by atoms with Crippen molar-refractivity contribution in [2.45, 2.75) is 410 Å². The monoisotopic (exact) mass is 1880 g/mol. The average Bonchev–Trinajstić information content (AvgIpc) is 0.994. The second-order valence-corrected chi connectivity index (χ2v) is 45.7. The van der Waals surface area contributed by atoms with Crippen LogP contribution in [-0.4, -0.2) is 204 Å². The topological polar surface area (TPSA) is 492 Å². The Labute approximate surface area is 787 Å². The van der Waals surface area contributed by atoms with E-state index in [9.17, 15) is 81.5 Å². The van der Waals surface area contributed by atoms with Crippen molar-refractivity contribution < 1.29 is 86.2 Å². The van der Waals surface area contributed by atoms with Crippen molar-refractivity contribution in [1.82, 2.24) is 85.1 Å².